The van der Waals surface area contributed by atoms with Crippen LogP contribution in [0.1, 0.15) is 25.0 Å². The predicted octanol–water partition coefficient (Wildman–Crippen LogP) is 4.15. The van der Waals surface area contributed by atoms with Gasteiger partial charge in [-0.1, -0.05) is 68.0 Å². The molecule has 0 aromatic heterocycles. The van der Waals surface area contributed by atoms with E-state index in [-0.39, 0.29) is 5.41 Å². The third-order valence-corrected chi connectivity index (χ3v) is 3.84. The summed E-state index contributed by atoms with van der Waals surface area (Å²) in [6.45, 7) is 4.65. The van der Waals surface area contributed by atoms with Crippen molar-refractivity contribution in [3.8, 4) is 0 Å². The largest absolute Gasteiger partial charge is 0.0623 e. The van der Waals surface area contributed by atoms with E-state index in [0.29, 0.717) is 0 Å². The first-order chi connectivity index (χ1) is 7.69. The van der Waals surface area contributed by atoms with E-state index in [1.807, 2.05) is 0 Å². The van der Waals surface area contributed by atoms with Crippen molar-refractivity contribution in [1.82, 2.24) is 0 Å². The Bertz CT molecular complexity index is 525. The Balaban J connectivity index is 2.32. The van der Waals surface area contributed by atoms with Crippen molar-refractivity contribution in [2.75, 3.05) is 0 Å². The fourth-order valence-electron chi connectivity index (χ4n) is 2.76. The Labute approximate surface area is 97.0 Å². The van der Waals surface area contributed by atoms with Crippen LogP contribution in [-0.2, 0) is 6.42 Å². The molecule has 0 amide bonds. The molecule has 80 valence electrons. The number of hydrogen-bond acceptors (Lipinski definition) is 0. The van der Waals surface area contributed by atoms with Gasteiger partial charge < -0.3 is 0 Å². The molecular formula is C16H16. The molecule has 1 aromatic carbocycles. The Hall–Kier alpha value is -1.56. The van der Waals surface area contributed by atoms with Crippen molar-refractivity contribution in [3.05, 3.63) is 65.3 Å². The highest BCUT2D eigenvalue weighted by atomic mass is 14.4. The maximum atomic E-state index is 2.33. The van der Waals surface area contributed by atoms with Gasteiger partial charge in [0.25, 0.3) is 0 Å². The number of fused-ring (bicyclic) bond motifs is 4. The first kappa shape index (κ1) is 9.65. The molecule has 0 spiro atoms. The zero-order valence-corrected chi connectivity index (χ0v) is 9.83. The molecule has 0 atom stereocenters. The molecule has 2 aliphatic rings. The van der Waals surface area contributed by atoms with Crippen LogP contribution in [0.25, 0.3) is 5.57 Å². The lowest BCUT2D eigenvalue weighted by Crippen LogP contribution is -2.23. The van der Waals surface area contributed by atoms with Crippen molar-refractivity contribution in [2.24, 2.45) is 5.41 Å². The van der Waals surface area contributed by atoms with Crippen molar-refractivity contribution in [2.45, 2.75) is 20.3 Å². The van der Waals surface area contributed by atoms with Crippen molar-refractivity contribution < 1.29 is 0 Å². The van der Waals surface area contributed by atoms with Crippen LogP contribution < -0.4 is 0 Å². The molecule has 1 aromatic rings. The van der Waals surface area contributed by atoms with Crippen molar-refractivity contribution in [3.63, 3.8) is 0 Å². The molecule has 3 rings (SSSR count). The van der Waals surface area contributed by atoms with E-state index in [9.17, 15) is 0 Å². The van der Waals surface area contributed by atoms with E-state index in [0.717, 1.165) is 6.42 Å². The Morgan fingerprint density at radius 3 is 2.62 bits per heavy atom. The summed E-state index contributed by atoms with van der Waals surface area (Å²) in [4.78, 5) is 0. The van der Waals surface area contributed by atoms with Crippen LogP contribution in [0.15, 0.2) is 54.1 Å². The van der Waals surface area contributed by atoms with Crippen molar-refractivity contribution in [1.29, 1.82) is 0 Å². The molecule has 16 heavy (non-hydrogen) atoms. The quantitative estimate of drug-likeness (QED) is 0.601. The van der Waals surface area contributed by atoms with E-state index in [1.54, 1.807) is 0 Å². The van der Waals surface area contributed by atoms with Gasteiger partial charge in [-0.15, -0.1) is 0 Å². The van der Waals surface area contributed by atoms with Gasteiger partial charge >= 0.3 is 0 Å². The zero-order valence-electron chi connectivity index (χ0n) is 9.83. The van der Waals surface area contributed by atoms with E-state index in [1.165, 1.54) is 22.3 Å². The second-order valence-electron chi connectivity index (χ2n) is 5.12. The second-order valence-corrected chi connectivity index (χ2v) is 5.12. The Kier molecular flexibility index (Phi) is 1.94. The van der Waals surface area contributed by atoms with E-state index in [2.05, 4.69) is 62.4 Å². The first-order valence-electron chi connectivity index (χ1n) is 5.86. The maximum Gasteiger partial charge on any atom is 0.0118 e. The highest BCUT2D eigenvalue weighted by Crippen LogP contribution is 2.48. The van der Waals surface area contributed by atoms with Crippen LogP contribution in [0, 0.1) is 5.41 Å². The van der Waals surface area contributed by atoms with Gasteiger partial charge in [-0.3, -0.25) is 0 Å². The van der Waals surface area contributed by atoms with Gasteiger partial charge in [0.1, 0.15) is 0 Å². The topological polar surface area (TPSA) is 0 Å². The summed E-state index contributed by atoms with van der Waals surface area (Å²) in [5.41, 5.74) is 6.04. The normalized spacial score (nSPS) is 20.6. The molecule has 0 fully saturated rings. The van der Waals surface area contributed by atoms with Crippen LogP contribution in [0.3, 0.4) is 0 Å². The van der Waals surface area contributed by atoms with Gasteiger partial charge in [0, 0.05) is 5.41 Å². The summed E-state index contributed by atoms with van der Waals surface area (Å²) < 4.78 is 0. The maximum absolute atomic E-state index is 2.33. The summed E-state index contributed by atoms with van der Waals surface area (Å²) >= 11 is 0. The van der Waals surface area contributed by atoms with E-state index in [4.69, 9.17) is 0 Å². The lowest BCUT2D eigenvalue weighted by molar-refractivity contribution is 0.573. The molecule has 0 N–H and O–H groups in total. The predicted molar refractivity (Wildman–Crippen MR) is 69.1 cm³/mol. The molecule has 0 nitrogen and oxygen atoms in total. The second kappa shape index (κ2) is 3.21. The summed E-state index contributed by atoms with van der Waals surface area (Å²) in [5, 5.41) is 0. The molecule has 0 heteroatoms. The molecule has 0 saturated carbocycles. The molecule has 2 bridgehead atoms. The summed E-state index contributed by atoms with van der Waals surface area (Å²) in [6, 6.07) is 8.77. The van der Waals surface area contributed by atoms with Gasteiger partial charge in [-0.05, 0) is 23.1 Å². The van der Waals surface area contributed by atoms with E-state index >= 15 is 0 Å². The zero-order chi connectivity index (χ0) is 11.2. The lowest BCUT2D eigenvalue weighted by atomic mass is 9.67. The minimum atomic E-state index is 0.178. The van der Waals surface area contributed by atoms with Gasteiger partial charge in [0.05, 0.1) is 0 Å². The van der Waals surface area contributed by atoms with Crippen LogP contribution >= 0.6 is 0 Å². The smallest absolute Gasteiger partial charge is 0.0118 e. The molecule has 0 aliphatic heterocycles. The Morgan fingerprint density at radius 2 is 1.75 bits per heavy atom. The van der Waals surface area contributed by atoms with Gasteiger partial charge in [0.2, 0.25) is 0 Å². The highest BCUT2D eigenvalue weighted by Gasteiger charge is 2.34. The van der Waals surface area contributed by atoms with Crippen LogP contribution in [0.2, 0.25) is 0 Å². The molecule has 0 heterocycles. The monoisotopic (exact) mass is 208 g/mol. The summed E-state index contributed by atoms with van der Waals surface area (Å²) in [7, 11) is 0. The molecular weight excluding hydrogens is 192 g/mol. The highest BCUT2D eigenvalue weighted by molar-refractivity contribution is 5.79. The Morgan fingerprint density at radius 1 is 1.00 bits per heavy atom. The number of allylic oxidation sites excluding steroid dienone is 6. The van der Waals surface area contributed by atoms with Crippen LogP contribution in [0.4, 0.5) is 0 Å². The fourth-order valence-corrected chi connectivity index (χ4v) is 2.76. The van der Waals surface area contributed by atoms with Gasteiger partial charge in [0.15, 0.2) is 0 Å². The molecule has 0 saturated heterocycles. The molecule has 2 aliphatic carbocycles. The molecule has 0 unspecified atom stereocenters. The van der Waals surface area contributed by atoms with Gasteiger partial charge in [-0.25, -0.2) is 0 Å². The number of benzene rings is 1. The fraction of sp³-hybridized carbons (Fsp3) is 0.250. The van der Waals surface area contributed by atoms with Crippen LogP contribution in [-0.4, -0.2) is 0 Å². The van der Waals surface area contributed by atoms with Crippen LogP contribution in [0.5, 0.6) is 0 Å². The average molecular weight is 208 g/mol. The standard InChI is InChI=1S/C16H16/c1-16(2)13-8-4-6-10-15(16)14-9-5-3-7-12(14)11-13/h3-10H,11H2,1-2H3. The molecule has 0 radical (unpaired) electrons. The summed E-state index contributed by atoms with van der Waals surface area (Å²) in [5.74, 6) is 0. The van der Waals surface area contributed by atoms with Gasteiger partial charge in [-0.2, -0.15) is 0 Å². The van der Waals surface area contributed by atoms with Crippen molar-refractivity contribution >= 4 is 5.57 Å². The van der Waals surface area contributed by atoms with E-state index < -0.39 is 0 Å². The first-order valence-corrected chi connectivity index (χ1v) is 5.86. The number of rotatable bonds is 0. The minimum absolute atomic E-state index is 0.178. The third-order valence-electron chi connectivity index (χ3n) is 3.84. The number of hydrogen-bond donors (Lipinski definition) is 0. The summed E-state index contributed by atoms with van der Waals surface area (Å²) in [6.07, 6.45) is 9.95. The third kappa shape index (κ3) is 1.23. The minimum Gasteiger partial charge on any atom is -0.0623 e. The lowest BCUT2D eigenvalue weighted by Gasteiger charge is -2.37. The SMILES string of the molecule is CC1(C)C2=CC=CC=C1c1ccccc1C2. The average Bonchev–Trinajstić information content (AvgIpc) is 2.36.